The molecule has 20 heavy (non-hydrogen) atoms. The number of benzene rings is 1. The molecule has 0 spiro atoms. The molecule has 2 aromatic rings. The molecule has 0 radical (unpaired) electrons. The molecule has 0 N–H and O–H groups in total. The first-order valence-corrected chi connectivity index (χ1v) is 6.69. The third-order valence-electron chi connectivity index (χ3n) is 3.31. The van der Waals surface area contributed by atoms with Crippen LogP contribution in [0.3, 0.4) is 0 Å². The number of hydrogen-bond acceptors (Lipinski definition) is 1. The summed E-state index contributed by atoms with van der Waals surface area (Å²) in [6, 6.07) is 10.6. The van der Waals surface area contributed by atoms with Gasteiger partial charge in [0.2, 0.25) is 0 Å². The minimum atomic E-state index is 1.18. The SMILES string of the molecule is C=C[n+]1ccc(C=Cc2ccc(N(C)C)cc2C)cc1. The first-order valence-electron chi connectivity index (χ1n) is 6.69. The Kier molecular flexibility index (Phi) is 4.36. The summed E-state index contributed by atoms with van der Waals surface area (Å²) in [5.74, 6) is 0. The number of rotatable bonds is 4. The van der Waals surface area contributed by atoms with Crippen LogP contribution in [-0.2, 0) is 0 Å². The molecular weight excluding hydrogens is 244 g/mol. The van der Waals surface area contributed by atoms with Gasteiger partial charge in [0.15, 0.2) is 18.6 Å². The van der Waals surface area contributed by atoms with Crippen LogP contribution in [-0.4, -0.2) is 14.1 Å². The highest BCUT2D eigenvalue weighted by atomic mass is 15.1. The molecule has 0 atom stereocenters. The second-order valence-electron chi connectivity index (χ2n) is 5.03. The summed E-state index contributed by atoms with van der Waals surface area (Å²) in [4.78, 5) is 2.12. The van der Waals surface area contributed by atoms with Crippen LogP contribution in [0.5, 0.6) is 0 Å². The zero-order valence-corrected chi connectivity index (χ0v) is 12.4. The lowest BCUT2D eigenvalue weighted by atomic mass is 10.1. The van der Waals surface area contributed by atoms with Gasteiger partial charge in [-0.15, -0.1) is 0 Å². The van der Waals surface area contributed by atoms with E-state index in [2.05, 4.69) is 75.0 Å². The molecule has 0 saturated carbocycles. The van der Waals surface area contributed by atoms with Gasteiger partial charge < -0.3 is 4.90 Å². The van der Waals surface area contributed by atoms with Gasteiger partial charge in [0, 0.05) is 31.9 Å². The van der Waals surface area contributed by atoms with Gasteiger partial charge >= 0.3 is 0 Å². The maximum absolute atomic E-state index is 3.73. The van der Waals surface area contributed by atoms with E-state index in [0.717, 1.165) is 0 Å². The van der Waals surface area contributed by atoms with E-state index in [1.54, 1.807) is 6.20 Å². The molecule has 0 aliphatic heterocycles. The predicted octanol–water partition coefficient (Wildman–Crippen LogP) is 3.62. The normalized spacial score (nSPS) is 10.8. The minimum Gasteiger partial charge on any atom is -0.378 e. The van der Waals surface area contributed by atoms with Gasteiger partial charge in [-0.2, -0.15) is 4.57 Å². The first kappa shape index (κ1) is 14.1. The minimum absolute atomic E-state index is 1.18. The van der Waals surface area contributed by atoms with Gasteiger partial charge in [-0.05, 0) is 42.3 Å². The predicted molar refractivity (Wildman–Crippen MR) is 87.5 cm³/mol. The molecule has 2 heteroatoms. The molecule has 0 fully saturated rings. The number of nitrogens with zero attached hydrogens (tertiary/aromatic N) is 2. The van der Waals surface area contributed by atoms with Gasteiger partial charge in [-0.25, -0.2) is 0 Å². The van der Waals surface area contributed by atoms with Crippen molar-refractivity contribution in [3.63, 3.8) is 0 Å². The summed E-state index contributed by atoms with van der Waals surface area (Å²) in [5, 5.41) is 0. The van der Waals surface area contributed by atoms with Crippen LogP contribution in [0.4, 0.5) is 5.69 Å². The smallest absolute Gasteiger partial charge is 0.175 e. The zero-order valence-electron chi connectivity index (χ0n) is 12.4. The third kappa shape index (κ3) is 3.35. The van der Waals surface area contributed by atoms with Crippen molar-refractivity contribution in [3.05, 3.63) is 66.0 Å². The third-order valence-corrected chi connectivity index (χ3v) is 3.31. The lowest BCUT2D eigenvalue weighted by Gasteiger charge is -2.13. The average Bonchev–Trinajstić information content (AvgIpc) is 2.46. The Morgan fingerprint density at radius 2 is 1.75 bits per heavy atom. The molecule has 2 nitrogen and oxygen atoms in total. The number of pyridine rings is 1. The second kappa shape index (κ2) is 6.20. The van der Waals surface area contributed by atoms with Crippen molar-refractivity contribution in [2.45, 2.75) is 6.92 Å². The number of aryl methyl sites for hydroxylation is 1. The van der Waals surface area contributed by atoms with Crippen molar-refractivity contribution in [3.8, 4) is 0 Å². The van der Waals surface area contributed by atoms with Crippen molar-refractivity contribution in [1.29, 1.82) is 0 Å². The summed E-state index contributed by atoms with van der Waals surface area (Å²) >= 11 is 0. The molecule has 1 heterocycles. The molecule has 1 aromatic carbocycles. The van der Waals surface area contributed by atoms with E-state index in [0.29, 0.717) is 0 Å². The van der Waals surface area contributed by atoms with Crippen molar-refractivity contribution < 1.29 is 4.57 Å². The summed E-state index contributed by atoms with van der Waals surface area (Å²) in [5.41, 5.74) is 4.94. The molecule has 1 aromatic heterocycles. The van der Waals surface area contributed by atoms with Crippen molar-refractivity contribution in [1.82, 2.24) is 0 Å². The maximum atomic E-state index is 3.73. The van der Waals surface area contributed by atoms with Gasteiger partial charge in [0.1, 0.15) is 0 Å². The van der Waals surface area contributed by atoms with Gasteiger partial charge in [0.25, 0.3) is 0 Å². The number of hydrogen-bond donors (Lipinski definition) is 0. The highest BCUT2D eigenvalue weighted by Crippen LogP contribution is 2.19. The molecule has 0 amide bonds. The van der Waals surface area contributed by atoms with Crippen LogP contribution >= 0.6 is 0 Å². The molecule has 0 aliphatic carbocycles. The topological polar surface area (TPSA) is 7.12 Å². The largest absolute Gasteiger partial charge is 0.378 e. The lowest BCUT2D eigenvalue weighted by Crippen LogP contribution is -2.23. The van der Waals surface area contributed by atoms with E-state index in [9.17, 15) is 0 Å². The Labute approximate surface area is 121 Å². The molecule has 0 aliphatic rings. The zero-order chi connectivity index (χ0) is 14.5. The van der Waals surface area contributed by atoms with Crippen LogP contribution < -0.4 is 9.47 Å². The Bertz CT molecular complexity index is 622. The standard InChI is InChI=1S/C18H21N2/c1-5-20-12-10-16(11-13-20)6-7-17-8-9-18(19(3)4)14-15(17)2/h5-14H,1H2,2-4H3/q+1. The first-order chi connectivity index (χ1) is 9.60. The van der Waals surface area contributed by atoms with Gasteiger partial charge in [0.05, 0.1) is 0 Å². The molecule has 0 bridgehead atoms. The van der Waals surface area contributed by atoms with Crippen molar-refractivity contribution in [2.24, 2.45) is 0 Å². The van der Waals surface area contributed by atoms with Crippen LogP contribution in [0.25, 0.3) is 18.4 Å². The van der Waals surface area contributed by atoms with Gasteiger partial charge in [-0.1, -0.05) is 18.2 Å². The number of anilines is 1. The maximum Gasteiger partial charge on any atom is 0.175 e. The lowest BCUT2D eigenvalue weighted by molar-refractivity contribution is -0.567. The van der Waals surface area contributed by atoms with E-state index >= 15 is 0 Å². The van der Waals surface area contributed by atoms with E-state index in [4.69, 9.17) is 0 Å². The van der Waals surface area contributed by atoms with Crippen LogP contribution in [0.2, 0.25) is 0 Å². The Morgan fingerprint density at radius 1 is 1.05 bits per heavy atom. The van der Waals surface area contributed by atoms with E-state index in [1.807, 2.05) is 17.0 Å². The molecule has 102 valence electrons. The second-order valence-corrected chi connectivity index (χ2v) is 5.03. The molecule has 0 unspecified atom stereocenters. The summed E-state index contributed by atoms with van der Waals surface area (Å²) < 4.78 is 1.93. The Hall–Kier alpha value is -2.35. The highest BCUT2D eigenvalue weighted by Gasteiger charge is 1.99. The molecular formula is C18H21N2+. The fourth-order valence-electron chi connectivity index (χ4n) is 1.99. The van der Waals surface area contributed by atoms with E-state index < -0.39 is 0 Å². The van der Waals surface area contributed by atoms with E-state index in [-0.39, 0.29) is 0 Å². The fraction of sp³-hybridized carbons (Fsp3) is 0.167. The summed E-state index contributed by atoms with van der Waals surface area (Å²) in [6.07, 6.45) is 10.1. The summed E-state index contributed by atoms with van der Waals surface area (Å²) in [6.45, 7) is 5.87. The summed E-state index contributed by atoms with van der Waals surface area (Å²) in [7, 11) is 4.12. The average molecular weight is 265 g/mol. The fourth-order valence-corrected chi connectivity index (χ4v) is 1.99. The highest BCUT2D eigenvalue weighted by molar-refractivity contribution is 5.72. The van der Waals surface area contributed by atoms with Crippen LogP contribution in [0, 0.1) is 6.92 Å². The monoisotopic (exact) mass is 265 g/mol. The van der Waals surface area contributed by atoms with Crippen LogP contribution in [0.1, 0.15) is 16.7 Å². The molecule has 0 saturated heterocycles. The van der Waals surface area contributed by atoms with Crippen molar-refractivity contribution >= 4 is 24.0 Å². The number of aromatic nitrogens is 1. The Morgan fingerprint density at radius 3 is 2.30 bits per heavy atom. The van der Waals surface area contributed by atoms with E-state index in [1.165, 1.54) is 22.4 Å². The van der Waals surface area contributed by atoms with Crippen molar-refractivity contribution in [2.75, 3.05) is 19.0 Å². The molecule has 2 rings (SSSR count). The van der Waals surface area contributed by atoms with Gasteiger partial charge in [-0.3, -0.25) is 0 Å². The quantitative estimate of drug-likeness (QED) is 0.766. The van der Waals surface area contributed by atoms with Crippen LogP contribution in [0.15, 0.2) is 49.3 Å². The Balaban J connectivity index is 2.20.